The quantitative estimate of drug-likeness (QED) is 0.734. The molecule has 0 atom stereocenters. The van der Waals surface area contributed by atoms with E-state index in [1.54, 1.807) is 12.1 Å². The lowest BCUT2D eigenvalue weighted by Crippen LogP contribution is -2.25. The van der Waals surface area contributed by atoms with Gasteiger partial charge in [0.05, 0.1) is 12.1 Å². The van der Waals surface area contributed by atoms with Crippen LogP contribution in [0.15, 0.2) is 29.1 Å². The third-order valence-electron chi connectivity index (χ3n) is 3.60. The van der Waals surface area contributed by atoms with Crippen molar-refractivity contribution in [3.05, 3.63) is 56.6 Å². The first-order chi connectivity index (χ1) is 11.4. The van der Waals surface area contributed by atoms with Gasteiger partial charge in [0.2, 0.25) is 0 Å². The summed E-state index contributed by atoms with van der Waals surface area (Å²) in [5, 5.41) is 10.9. The Labute approximate surface area is 139 Å². The number of aromatic hydroxyl groups is 1. The third kappa shape index (κ3) is 2.65. The first kappa shape index (κ1) is 16.1. The number of hydrogen-bond donors (Lipinski definition) is 1. The van der Waals surface area contributed by atoms with Crippen LogP contribution in [0, 0.1) is 5.82 Å². The average Bonchev–Trinajstić information content (AvgIpc) is 2.99. The number of hydrogen-bond acceptors (Lipinski definition) is 6. The molecule has 3 aromatic rings. The first-order valence-electron chi connectivity index (χ1n) is 6.96. The summed E-state index contributed by atoms with van der Waals surface area (Å²) in [5.74, 6) is -1.73. The molecule has 0 unspecified atom stereocenters. The molecule has 0 saturated carbocycles. The van der Waals surface area contributed by atoms with Gasteiger partial charge >= 0.3 is 5.97 Å². The second kappa shape index (κ2) is 6.04. The highest BCUT2D eigenvalue weighted by Crippen LogP contribution is 2.31. The van der Waals surface area contributed by atoms with Crippen LogP contribution in [0.5, 0.6) is 5.75 Å². The molecular weight excluding hydrogens is 335 g/mol. The summed E-state index contributed by atoms with van der Waals surface area (Å²) in [5.41, 5.74) is -0.0808. The number of nitrogens with zero attached hydrogens (tertiary/aromatic N) is 2. The number of aryl methyl sites for hydroxylation is 1. The molecule has 0 fully saturated rings. The Morgan fingerprint density at radius 1 is 1.38 bits per heavy atom. The van der Waals surface area contributed by atoms with Crippen molar-refractivity contribution in [1.29, 1.82) is 0 Å². The molecule has 1 aromatic carbocycles. The summed E-state index contributed by atoms with van der Waals surface area (Å²) >= 11 is 1.23. The van der Waals surface area contributed by atoms with Gasteiger partial charge in [-0.05, 0) is 17.7 Å². The van der Waals surface area contributed by atoms with Crippen LogP contribution in [0.1, 0.15) is 20.9 Å². The van der Waals surface area contributed by atoms with Crippen molar-refractivity contribution in [2.24, 2.45) is 7.05 Å². The topological polar surface area (TPSA) is 81.4 Å². The number of carbonyl (C=O) groups is 1. The van der Waals surface area contributed by atoms with E-state index >= 15 is 0 Å². The van der Waals surface area contributed by atoms with E-state index in [9.17, 15) is 19.1 Å². The molecule has 2 heterocycles. The standard InChI is InChI=1S/C16H13FN2O4S/c1-19-14(21)11(16(22)23-2)13(20)12-15(19)24-10(18-12)7-8-3-5-9(17)6-4-8/h3-6,20H,7H2,1-2H3. The maximum Gasteiger partial charge on any atom is 0.347 e. The van der Waals surface area contributed by atoms with Gasteiger partial charge in [-0.25, -0.2) is 14.2 Å². The van der Waals surface area contributed by atoms with Crippen LogP contribution in [0.25, 0.3) is 10.3 Å². The largest absolute Gasteiger partial charge is 0.505 e. The van der Waals surface area contributed by atoms with Crippen molar-refractivity contribution >= 4 is 27.7 Å². The second-order valence-electron chi connectivity index (χ2n) is 5.14. The minimum absolute atomic E-state index is 0.166. The van der Waals surface area contributed by atoms with Crippen LogP contribution < -0.4 is 5.56 Å². The molecule has 0 spiro atoms. The lowest BCUT2D eigenvalue weighted by Gasteiger charge is -2.05. The van der Waals surface area contributed by atoms with Gasteiger partial charge in [-0.2, -0.15) is 0 Å². The minimum atomic E-state index is -0.914. The van der Waals surface area contributed by atoms with Crippen LogP contribution in [-0.4, -0.2) is 27.7 Å². The number of ether oxygens (including phenoxy) is 1. The highest BCUT2D eigenvalue weighted by atomic mass is 32.1. The highest BCUT2D eigenvalue weighted by molar-refractivity contribution is 7.18. The van der Waals surface area contributed by atoms with Crippen LogP contribution in [0.2, 0.25) is 0 Å². The zero-order chi connectivity index (χ0) is 17.4. The summed E-state index contributed by atoms with van der Waals surface area (Å²) in [6.45, 7) is 0. The molecule has 8 heteroatoms. The van der Waals surface area contributed by atoms with Gasteiger partial charge in [0.1, 0.15) is 16.2 Å². The van der Waals surface area contributed by atoms with E-state index in [4.69, 9.17) is 0 Å². The van der Waals surface area contributed by atoms with Crippen molar-refractivity contribution in [2.45, 2.75) is 6.42 Å². The Morgan fingerprint density at radius 2 is 2.04 bits per heavy atom. The first-order valence-corrected chi connectivity index (χ1v) is 7.78. The third-order valence-corrected chi connectivity index (χ3v) is 4.73. The van der Waals surface area contributed by atoms with Gasteiger partial charge in [0, 0.05) is 13.5 Å². The highest BCUT2D eigenvalue weighted by Gasteiger charge is 2.24. The number of thiazole rings is 1. The average molecular weight is 348 g/mol. The Bertz CT molecular complexity index is 992. The van der Waals surface area contributed by atoms with E-state index in [0.717, 1.165) is 12.7 Å². The van der Waals surface area contributed by atoms with Crippen LogP contribution in [0.4, 0.5) is 4.39 Å². The monoisotopic (exact) mass is 348 g/mol. The van der Waals surface area contributed by atoms with E-state index in [0.29, 0.717) is 16.3 Å². The van der Waals surface area contributed by atoms with Crippen LogP contribution in [-0.2, 0) is 18.2 Å². The van der Waals surface area contributed by atoms with Crippen molar-refractivity contribution in [3.63, 3.8) is 0 Å². The second-order valence-corrected chi connectivity index (χ2v) is 6.21. The lowest BCUT2D eigenvalue weighted by molar-refractivity contribution is 0.0595. The zero-order valence-corrected chi connectivity index (χ0v) is 13.7. The molecule has 0 saturated heterocycles. The van der Waals surface area contributed by atoms with Crippen molar-refractivity contribution in [1.82, 2.24) is 9.55 Å². The van der Waals surface area contributed by atoms with Gasteiger partial charge in [0.25, 0.3) is 5.56 Å². The van der Waals surface area contributed by atoms with Gasteiger partial charge in [0.15, 0.2) is 11.3 Å². The van der Waals surface area contributed by atoms with E-state index in [2.05, 4.69) is 9.72 Å². The normalized spacial score (nSPS) is 11.0. The smallest absolute Gasteiger partial charge is 0.347 e. The summed E-state index contributed by atoms with van der Waals surface area (Å²) in [6, 6.07) is 5.98. The predicted octanol–water partition coefficient (Wildman–Crippen LogP) is 2.22. The van der Waals surface area contributed by atoms with E-state index < -0.39 is 22.8 Å². The minimum Gasteiger partial charge on any atom is -0.505 e. The fourth-order valence-corrected chi connectivity index (χ4v) is 3.41. The molecule has 3 rings (SSSR count). The molecule has 0 aliphatic carbocycles. The number of aromatic nitrogens is 2. The van der Waals surface area contributed by atoms with Gasteiger partial charge in [-0.15, -0.1) is 0 Å². The Kier molecular flexibility index (Phi) is 4.06. The Hall–Kier alpha value is -2.74. The zero-order valence-electron chi connectivity index (χ0n) is 12.9. The number of fused-ring (bicyclic) bond motifs is 1. The summed E-state index contributed by atoms with van der Waals surface area (Å²) in [4.78, 5) is 28.7. The maximum absolute atomic E-state index is 13.0. The van der Waals surface area contributed by atoms with E-state index in [1.807, 2.05) is 0 Å². The van der Waals surface area contributed by atoms with Gasteiger partial charge < -0.3 is 14.4 Å². The molecule has 0 radical (unpaired) electrons. The molecule has 2 aromatic heterocycles. The molecule has 0 aliphatic rings. The lowest BCUT2D eigenvalue weighted by atomic mass is 10.1. The summed E-state index contributed by atoms with van der Waals surface area (Å²) < 4.78 is 18.8. The number of rotatable bonds is 3. The number of benzene rings is 1. The summed E-state index contributed by atoms with van der Waals surface area (Å²) in [7, 11) is 2.63. The number of pyridine rings is 1. The Balaban J connectivity index is 2.12. The van der Waals surface area contributed by atoms with Gasteiger partial charge in [-0.3, -0.25) is 4.79 Å². The molecule has 0 aliphatic heterocycles. The van der Waals surface area contributed by atoms with Crippen LogP contribution in [0.3, 0.4) is 0 Å². The van der Waals surface area contributed by atoms with Gasteiger partial charge in [-0.1, -0.05) is 23.5 Å². The van der Waals surface area contributed by atoms with Crippen LogP contribution >= 0.6 is 11.3 Å². The number of esters is 1. The predicted molar refractivity (Wildman–Crippen MR) is 87.1 cm³/mol. The van der Waals surface area contributed by atoms with Crippen molar-refractivity contribution in [3.8, 4) is 5.75 Å². The van der Waals surface area contributed by atoms with Crippen molar-refractivity contribution in [2.75, 3.05) is 7.11 Å². The Morgan fingerprint density at radius 3 is 2.67 bits per heavy atom. The van der Waals surface area contributed by atoms with E-state index in [-0.39, 0.29) is 11.3 Å². The van der Waals surface area contributed by atoms with Crippen molar-refractivity contribution < 1.29 is 19.0 Å². The molecule has 0 amide bonds. The summed E-state index contributed by atoms with van der Waals surface area (Å²) in [6.07, 6.45) is 0.417. The fourth-order valence-electron chi connectivity index (χ4n) is 2.35. The molecule has 0 bridgehead atoms. The molecule has 24 heavy (non-hydrogen) atoms. The fraction of sp³-hybridized carbons (Fsp3) is 0.188. The number of methoxy groups -OCH3 is 1. The van der Waals surface area contributed by atoms with E-state index in [1.165, 1.54) is 35.1 Å². The SMILES string of the molecule is COC(=O)c1c(O)c2nc(Cc3ccc(F)cc3)sc2n(C)c1=O. The molecular formula is C16H13FN2O4S. The number of carbonyl (C=O) groups excluding carboxylic acids is 1. The maximum atomic E-state index is 13.0. The molecule has 1 N–H and O–H groups in total. The molecule has 6 nitrogen and oxygen atoms in total. The number of halogens is 1. The molecule has 124 valence electrons.